The van der Waals surface area contributed by atoms with Gasteiger partial charge in [0.15, 0.2) is 5.78 Å². The maximum atomic E-state index is 11.5. The molecule has 0 saturated carbocycles. The summed E-state index contributed by atoms with van der Waals surface area (Å²) in [6.07, 6.45) is 4.68. The molecule has 17 heavy (non-hydrogen) atoms. The molecule has 0 saturated heterocycles. The lowest BCUT2D eigenvalue weighted by atomic mass is 10.1. The summed E-state index contributed by atoms with van der Waals surface area (Å²) in [5.41, 5.74) is 0.648. The van der Waals surface area contributed by atoms with Crippen LogP contribution in [0.15, 0.2) is 22.7 Å². The molecule has 0 aliphatic rings. The van der Waals surface area contributed by atoms with Gasteiger partial charge < -0.3 is 4.74 Å². The van der Waals surface area contributed by atoms with Gasteiger partial charge in [-0.15, -0.1) is 0 Å². The van der Waals surface area contributed by atoms with E-state index in [9.17, 15) is 4.79 Å². The van der Waals surface area contributed by atoms with Crippen molar-refractivity contribution in [3.05, 3.63) is 28.2 Å². The van der Waals surface area contributed by atoms with Crippen molar-refractivity contribution in [3.63, 3.8) is 0 Å². The molecule has 1 rings (SSSR count). The van der Waals surface area contributed by atoms with E-state index in [0.717, 1.165) is 10.9 Å². The molecule has 0 aliphatic carbocycles. The molecule has 3 heteroatoms. The molecule has 94 valence electrons. The summed E-state index contributed by atoms with van der Waals surface area (Å²) in [7, 11) is 0. The van der Waals surface area contributed by atoms with E-state index in [1.54, 1.807) is 6.92 Å². The van der Waals surface area contributed by atoms with Crippen LogP contribution in [0.1, 0.15) is 49.9 Å². The van der Waals surface area contributed by atoms with Crippen molar-refractivity contribution >= 4 is 21.7 Å². The van der Waals surface area contributed by atoms with Gasteiger partial charge in [-0.1, -0.05) is 42.1 Å². The molecule has 0 N–H and O–H groups in total. The van der Waals surface area contributed by atoms with E-state index in [2.05, 4.69) is 22.9 Å². The number of Topliss-reactive ketones (excluding diaryl/α,β-unsaturated/α-hetero) is 1. The lowest BCUT2D eigenvalue weighted by Gasteiger charge is -2.10. The van der Waals surface area contributed by atoms with Crippen LogP contribution < -0.4 is 4.74 Å². The van der Waals surface area contributed by atoms with Gasteiger partial charge in [-0.2, -0.15) is 0 Å². The van der Waals surface area contributed by atoms with Gasteiger partial charge in [-0.3, -0.25) is 4.79 Å². The Morgan fingerprint density at radius 3 is 2.71 bits per heavy atom. The number of rotatable bonds is 7. The predicted molar refractivity (Wildman–Crippen MR) is 73.8 cm³/mol. The first-order valence-electron chi connectivity index (χ1n) is 6.08. The van der Waals surface area contributed by atoms with E-state index in [4.69, 9.17) is 4.74 Å². The van der Waals surface area contributed by atoms with Crippen molar-refractivity contribution in [1.82, 2.24) is 0 Å². The molecule has 0 heterocycles. The number of benzene rings is 1. The Labute approximate surface area is 111 Å². The molecular formula is C14H19BrO2. The second-order valence-electron chi connectivity index (χ2n) is 4.11. The third kappa shape index (κ3) is 4.90. The summed E-state index contributed by atoms with van der Waals surface area (Å²) < 4.78 is 6.56. The average Bonchev–Trinajstić information content (AvgIpc) is 2.30. The third-order valence-electron chi connectivity index (χ3n) is 2.58. The zero-order chi connectivity index (χ0) is 12.7. The number of unbranched alkanes of at least 4 members (excludes halogenated alkanes) is 3. The van der Waals surface area contributed by atoms with E-state index in [1.165, 1.54) is 19.3 Å². The van der Waals surface area contributed by atoms with E-state index >= 15 is 0 Å². The van der Waals surface area contributed by atoms with E-state index in [0.29, 0.717) is 17.9 Å². The highest BCUT2D eigenvalue weighted by Crippen LogP contribution is 2.24. The van der Waals surface area contributed by atoms with Crippen LogP contribution in [0.25, 0.3) is 0 Å². The zero-order valence-electron chi connectivity index (χ0n) is 10.5. The maximum absolute atomic E-state index is 11.5. The quantitative estimate of drug-likeness (QED) is 0.543. The van der Waals surface area contributed by atoms with Crippen LogP contribution >= 0.6 is 15.9 Å². The second-order valence-corrected chi connectivity index (χ2v) is 5.02. The molecule has 0 aliphatic heterocycles. The van der Waals surface area contributed by atoms with Crippen LogP contribution in [0, 0.1) is 0 Å². The summed E-state index contributed by atoms with van der Waals surface area (Å²) in [4.78, 5) is 11.5. The number of ether oxygens (including phenoxy) is 1. The van der Waals surface area contributed by atoms with E-state index in [1.807, 2.05) is 18.2 Å². The molecule has 0 aromatic heterocycles. The van der Waals surface area contributed by atoms with Crippen molar-refractivity contribution in [2.45, 2.75) is 39.5 Å². The average molecular weight is 299 g/mol. The fraction of sp³-hybridized carbons (Fsp3) is 0.500. The lowest BCUT2D eigenvalue weighted by Crippen LogP contribution is -2.03. The molecule has 1 aromatic carbocycles. The van der Waals surface area contributed by atoms with Gasteiger partial charge in [0.2, 0.25) is 0 Å². The van der Waals surface area contributed by atoms with Gasteiger partial charge in [0.05, 0.1) is 12.2 Å². The minimum Gasteiger partial charge on any atom is -0.493 e. The van der Waals surface area contributed by atoms with Crippen molar-refractivity contribution in [3.8, 4) is 5.75 Å². The fourth-order valence-electron chi connectivity index (χ4n) is 1.61. The molecule has 0 fully saturated rings. The van der Waals surface area contributed by atoms with Crippen LogP contribution in [0.4, 0.5) is 0 Å². The predicted octanol–water partition coefficient (Wildman–Crippen LogP) is 4.61. The van der Waals surface area contributed by atoms with E-state index < -0.39 is 0 Å². The second kappa shape index (κ2) is 7.49. The van der Waals surface area contributed by atoms with Crippen LogP contribution in [0.5, 0.6) is 5.75 Å². The summed E-state index contributed by atoms with van der Waals surface area (Å²) in [6.45, 7) is 4.43. The highest BCUT2D eigenvalue weighted by Gasteiger charge is 2.08. The fourth-order valence-corrected chi connectivity index (χ4v) is 1.98. The molecule has 0 radical (unpaired) electrons. The molecule has 0 unspecified atom stereocenters. The largest absolute Gasteiger partial charge is 0.493 e. The minimum atomic E-state index is 0.0369. The summed E-state index contributed by atoms with van der Waals surface area (Å²) in [5.74, 6) is 0.729. The minimum absolute atomic E-state index is 0.0369. The number of hydrogen-bond donors (Lipinski definition) is 0. The maximum Gasteiger partial charge on any atom is 0.163 e. The van der Waals surface area contributed by atoms with Gasteiger partial charge in [0, 0.05) is 4.47 Å². The normalized spacial score (nSPS) is 10.3. The van der Waals surface area contributed by atoms with Crippen molar-refractivity contribution in [2.24, 2.45) is 0 Å². The summed E-state index contributed by atoms with van der Waals surface area (Å²) >= 11 is 3.36. The third-order valence-corrected chi connectivity index (χ3v) is 3.07. The van der Waals surface area contributed by atoms with Crippen LogP contribution in [0.3, 0.4) is 0 Å². The van der Waals surface area contributed by atoms with Crippen LogP contribution in [-0.4, -0.2) is 12.4 Å². The van der Waals surface area contributed by atoms with Crippen molar-refractivity contribution in [1.29, 1.82) is 0 Å². The number of carbonyl (C=O) groups is 1. The Balaban J connectivity index is 2.55. The van der Waals surface area contributed by atoms with E-state index in [-0.39, 0.29) is 5.78 Å². The molecule has 0 amide bonds. The van der Waals surface area contributed by atoms with Crippen LogP contribution in [-0.2, 0) is 0 Å². The zero-order valence-corrected chi connectivity index (χ0v) is 12.0. The molecule has 2 nitrogen and oxygen atoms in total. The Hall–Kier alpha value is -0.830. The molecule has 0 bridgehead atoms. The highest BCUT2D eigenvalue weighted by atomic mass is 79.9. The smallest absolute Gasteiger partial charge is 0.163 e. The monoisotopic (exact) mass is 298 g/mol. The van der Waals surface area contributed by atoms with Gasteiger partial charge in [0.25, 0.3) is 0 Å². The first kappa shape index (κ1) is 14.2. The number of hydrogen-bond acceptors (Lipinski definition) is 2. The first-order chi connectivity index (χ1) is 8.15. The number of carbonyl (C=O) groups excluding carboxylic acids is 1. The Kier molecular flexibility index (Phi) is 6.27. The SMILES string of the molecule is CCCCCCOc1ccc(Br)cc1C(C)=O. The van der Waals surface area contributed by atoms with Gasteiger partial charge in [-0.05, 0) is 31.5 Å². The Morgan fingerprint density at radius 1 is 1.29 bits per heavy atom. The number of ketones is 1. The topological polar surface area (TPSA) is 26.3 Å². The standard InChI is InChI=1S/C14H19BrO2/c1-3-4-5-6-9-17-14-8-7-12(15)10-13(14)11(2)16/h7-8,10H,3-6,9H2,1-2H3. The molecule has 1 aromatic rings. The van der Waals surface area contributed by atoms with Crippen molar-refractivity contribution in [2.75, 3.05) is 6.61 Å². The molecule has 0 atom stereocenters. The molecular weight excluding hydrogens is 280 g/mol. The van der Waals surface area contributed by atoms with Gasteiger partial charge in [-0.25, -0.2) is 0 Å². The number of halogens is 1. The lowest BCUT2D eigenvalue weighted by molar-refractivity contribution is 0.101. The molecule has 0 spiro atoms. The highest BCUT2D eigenvalue weighted by molar-refractivity contribution is 9.10. The van der Waals surface area contributed by atoms with Crippen molar-refractivity contribution < 1.29 is 9.53 Å². The van der Waals surface area contributed by atoms with Gasteiger partial charge in [0.1, 0.15) is 5.75 Å². The van der Waals surface area contributed by atoms with Crippen LogP contribution in [0.2, 0.25) is 0 Å². The summed E-state index contributed by atoms with van der Waals surface area (Å²) in [5, 5.41) is 0. The Morgan fingerprint density at radius 2 is 2.06 bits per heavy atom. The first-order valence-corrected chi connectivity index (χ1v) is 6.87. The Bertz CT molecular complexity index is 374. The van der Waals surface area contributed by atoms with Gasteiger partial charge >= 0.3 is 0 Å². The summed E-state index contributed by atoms with van der Waals surface area (Å²) in [6, 6.07) is 5.55.